The lowest BCUT2D eigenvalue weighted by atomic mass is 10.2. The molecule has 5 rings (SSSR count). The van der Waals surface area contributed by atoms with Crippen molar-refractivity contribution in [1.82, 2.24) is 23.8 Å². The molecule has 1 aliphatic rings. The molecule has 0 unspecified atom stereocenters. The Labute approximate surface area is 217 Å². The molecule has 0 bridgehead atoms. The Morgan fingerprint density at radius 2 is 1.78 bits per heavy atom. The molecule has 188 valence electrons. The number of halogens is 1. The van der Waals surface area contributed by atoms with Gasteiger partial charge in [-0.2, -0.15) is 13.9 Å². The second kappa shape index (κ2) is 9.91. The van der Waals surface area contributed by atoms with Crippen LogP contribution in [0.4, 0.5) is 0 Å². The molecule has 1 fully saturated rings. The number of piperazine rings is 1. The van der Waals surface area contributed by atoms with Crippen LogP contribution in [0, 0.1) is 6.92 Å². The number of benzene rings is 2. The number of hydrogen-bond acceptors (Lipinski definition) is 8. The molecule has 0 spiro atoms. The highest BCUT2D eigenvalue weighted by Crippen LogP contribution is 2.29. The number of aromatic nitrogens is 3. The molecule has 0 amide bonds. The number of fused-ring (bicyclic) bond motifs is 1. The molecule has 1 saturated heterocycles. The number of aryl methyl sites for hydroxylation is 1. The first-order chi connectivity index (χ1) is 17.2. The van der Waals surface area contributed by atoms with E-state index in [-0.39, 0.29) is 15.5 Å². The third-order valence-corrected chi connectivity index (χ3v) is 9.22. The molecule has 3 heterocycles. The second-order valence-electron chi connectivity index (χ2n) is 8.53. The van der Waals surface area contributed by atoms with E-state index in [1.807, 2.05) is 31.2 Å². The maximum Gasteiger partial charge on any atom is 0.275 e. The highest BCUT2D eigenvalue weighted by molar-refractivity contribution is 7.89. The Morgan fingerprint density at radius 1 is 1.06 bits per heavy atom. The molecule has 0 N–H and O–H groups in total. The minimum absolute atomic E-state index is 0.136. The number of methoxy groups -OCH3 is 1. The molecule has 0 aliphatic carbocycles. The first kappa shape index (κ1) is 24.8. The van der Waals surface area contributed by atoms with Crippen molar-refractivity contribution < 1.29 is 13.2 Å². The molecule has 2 aromatic heterocycles. The van der Waals surface area contributed by atoms with Gasteiger partial charge < -0.3 is 4.74 Å². The molecule has 1 aliphatic heterocycles. The van der Waals surface area contributed by atoms with Crippen molar-refractivity contribution in [3.05, 3.63) is 75.2 Å². The van der Waals surface area contributed by atoms with Gasteiger partial charge in [0, 0.05) is 44.4 Å². The Balaban J connectivity index is 1.28. The number of hydrogen-bond donors (Lipinski definition) is 0. The Kier molecular flexibility index (Phi) is 6.84. The lowest BCUT2D eigenvalue weighted by molar-refractivity contribution is 0.180. The van der Waals surface area contributed by atoms with Gasteiger partial charge in [0.2, 0.25) is 15.0 Å². The molecular formula is C24H24ClN5O4S2. The Bertz CT molecular complexity index is 1580. The number of sulfonamides is 1. The van der Waals surface area contributed by atoms with E-state index in [9.17, 15) is 13.2 Å². The lowest BCUT2D eigenvalue weighted by Crippen LogP contribution is -2.48. The molecule has 0 saturated carbocycles. The standard InChI is InChI=1S/C24H24ClN5O4S2/c1-16-3-5-17(6-4-16)23-27-30-22(31)13-18(26-24(30)35-23)15-28-9-11-29(12-10-28)36(32,33)19-7-8-21(34-2)20(25)14-19/h3-8,13-14H,9-12,15H2,1-2H3. The van der Waals surface area contributed by atoms with Crippen molar-refractivity contribution in [2.45, 2.75) is 18.4 Å². The first-order valence-electron chi connectivity index (χ1n) is 11.3. The highest BCUT2D eigenvalue weighted by atomic mass is 35.5. The third kappa shape index (κ3) is 4.89. The van der Waals surface area contributed by atoms with Crippen LogP contribution in [0.2, 0.25) is 5.02 Å². The van der Waals surface area contributed by atoms with Crippen LogP contribution in [0.5, 0.6) is 5.75 Å². The third-order valence-electron chi connectivity index (χ3n) is 6.07. The summed E-state index contributed by atoms with van der Waals surface area (Å²) in [5.74, 6) is 0.424. The molecule has 12 heteroatoms. The van der Waals surface area contributed by atoms with E-state index in [2.05, 4.69) is 15.0 Å². The normalized spacial score (nSPS) is 15.4. The molecular weight excluding hydrogens is 522 g/mol. The summed E-state index contributed by atoms with van der Waals surface area (Å²) in [4.78, 5) is 20.1. The van der Waals surface area contributed by atoms with Gasteiger partial charge in [-0.25, -0.2) is 13.4 Å². The molecule has 36 heavy (non-hydrogen) atoms. The summed E-state index contributed by atoms with van der Waals surface area (Å²) in [6, 6.07) is 13.9. The van der Waals surface area contributed by atoms with Crippen LogP contribution in [-0.4, -0.2) is 65.5 Å². The Morgan fingerprint density at radius 3 is 2.44 bits per heavy atom. The van der Waals surface area contributed by atoms with Gasteiger partial charge in [-0.3, -0.25) is 9.69 Å². The van der Waals surface area contributed by atoms with Crippen LogP contribution >= 0.6 is 22.9 Å². The van der Waals surface area contributed by atoms with Gasteiger partial charge in [0.25, 0.3) is 5.56 Å². The quantitative estimate of drug-likeness (QED) is 0.367. The SMILES string of the molecule is COc1ccc(S(=O)(=O)N2CCN(Cc3cc(=O)n4nc(-c5ccc(C)cc5)sc4n3)CC2)cc1Cl. The summed E-state index contributed by atoms with van der Waals surface area (Å²) < 4.78 is 34.0. The topological polar surface area (TPSA) is 97.1 Å². The summed E-state index contributed by atoms with van der Waals surface area (Å²) in [6.07, 6.45) is 0. The van der Waals surface area contributed by atoms with E-state index in [1.54, 1.807) is 6.07 Å². The minimum Gasteiger partial charge on any atom is -0.495 e. The zero-order valence-electron chi connectivity index (χ0n) is 19.7. The van der Waals surface area contributed by atoms with Gasteiger partial charge in [0.05, 0.1) is 22.7 Å². The highest BCUT2D eigenvalue weighted by Gasteiger charge is 2.29. The van der Waals surface area contributed by atoms with Crippen molar-refractivity contribution in [2.24, 2.45) is 0 Å². The van der Waals surface area contributed by atoms with Crippen LogP contribution < -0.4 is 10.3 Å². The molecule has 4 aromatic rings. The largest absolute Gasteiger partial charge is 0.495 e. The summed E-state index contributed by atoms with van der Waals surface area (Å²) in [5.41, 5.74) is 2.49. The van der Waals surface area contributed by atoms with E-state index in [0.29, 0.717) is 49.1 Å². The van der Waals surface area contributed by atoms with E-state index in [1.165, 1.54) is 45.5 Å². The van der Waals surface area contributed by atoms with Crippen molar-refractivity contribution in [3.8, 4) is 16.3 Å². The van der Waals surface area contributed by atoms with Crippen LogP contribution in [0.25, 0.3) is 15.5 Å². The summed E-state index contributed by atoms with van der Waals surface area (Å²) in [6.45, 7) is 4.15. The minimum atomic E-state index is -3.68. The van der Waals surface area contributed by atoms with Crippen molar-refractivity contribution in [2.75, 3.05) is 33.3 Å². The second-order valence-corrected chi connectivity index (χ2v) is 11.8. The average molecular weight is 546 g/mol. The predicted octanol–water partition coefficient (Wildman–Crippen LogP) is 3.29. The van der Waals surface area contributed by atoms with Crippen LogP contribution in [-0.2, 0) is 16.6 Å². The summed E-state index contributed by atoms with van der Waals surface area (Å²) in [7, 11) is -2.20. The van der Waals surface area contributed by atoms with Gasteiger partial charge in [-0.05, 0) is 25.1 Å². The maximum atomic E-state index is 13.1. The lowest BCUT2D eigenvalue weighted by Gasteiger charge is -2.33. The van der Waals surface area contributed by atoms with Gasteiger partial charge in [-0.1, -0.05) is 52.8 Å². The molecule has 9 nitrogen and oxygen atoms in total. The zero-order valence-corrected chi connectivity index (χ0v) is 22.1. The van der Waals surface area contributed by atoms with Crippen LogP contribution in [0.3, 0.4) is 0 Å². The van der Waals surface area contributed by atoms with Crippen molar-refractivity contribution in [1.29, 1.82) is 0 Å². The number of ether oxygens (including phenoxy) is 1. The van der Waals surface area contributed by atoms with E-state index >= 15 is 0 Å². The van der Waals surface area contributed by atoms with Gasteiger partial charge in [-0.15, -0.1) is 0 Å². The van der Waals surface area contributed by atoms with Gasteiger partial charge in [0.15, 0.2) is 0 Å². The number of nitrogens with zero attached hydrogens (tertiary/aromatic N) is 5. The van der Waals surface area contributed by atoms with Gasteiger partial charge in [0.1, 0.15) is 10.8 Å². The summed E-state index contributed by atoms with van der Waals surface area (Å²) >= 11 is 7.50. The van der Waals surface area contributed by atoms with Crippen molar-refractivity contribution in [3.63, 3.8) is 0 Å². The van der Waals surface area contributed by atoms with E-state index in [0.717, 1.165) is 16.1 Å². The molecule has 0 radical (unpaired) electrons. The first-order valence-corrected chi connectivity index (χ1v) is 13.9. The molecule has 2 aromatic carbocycles. The fraction of sp³-hybridized carbons (Fsp3) is 0.292. The summed E-state index contributed by atoms with van der Waals surface area (Å²) in [5, 5.41) is 5.42. The monoisotopic (exact) mass is 545 g/mol. The number of rotatable bonds is 6. The fourth-order valence-electron chi connectivity index (χ4n) is 4.06. The van der Waals surface area contributed by atoms with Crippen molar-refractivity contribution >= 4 is 37.9 Å². The van der Waals surface area contributed by atoms with Crippen LogP contribution in [0.15, 0.2) is 58.2 Å². The molecule has 0 atom stereocenters. The maximum absolute atomic E-state index is 13.1. The van der Waals surface area contributed by atoms with Gasteiger partial charge >= 0.3 is 0 Å². The smallest absolute Gasteiger partial charge is 0.275 e. The predicted molar refractivity (Wildman–Crippen MR) is 139 cm³/mol. The fourth-order valence-corrected chi connectivity index (χ4v) is 6.76. The zero-order chi connectivity index (χ0) is 25.4. The van der Waals surface area contributed by atoms with E-state index in [4.69, 9.17) is 16.3 Å². The Hall–Kier alpha value is -2.83. The van der Waals surface area contributed by atoms with E-state index < -0.39 is 10.0 Å². The average Bonchev–Trinajstić information content (AvgIpc) is 3.29. The van der Waals surface area contributed by atoms with Crippen LogP contribution in [0.1, 0.15) is 11.3 Å².